The third-order valence-electron chi connectivity index (χ3n) is 16.3. The van der Waals surface area contributed by atoms with Crippen LogP contribution in [0.25, 0.3) is 54.5 Å². The SMILES string of the molecule is CC(NC(=O)C1CCCN1C(=O)C(C(C)C)n1cc(-c2ccc(COc3c(-c4ccc(F)c5sc(N)c(C#N)c45)c(C(F)(F)F)cc4c(N5CC6CC5CN6)nc(OC5CCOCC5)nc34)cc2)nn1)c1ccc(-c2c(F)cncc2P)cc1. The molecule has 6 atom stereocenters. The van der Waals surface area contributed by atoms with E-state index >= 15 is 17.6 Å². The van der Waals surface area contributed by atoms with E-state index in [4.69, 9.17) is 29.9 Å². The third kappa shape index (κ3) is 10.7. The second-order valence-corrected chi connectivity index (χ2v) is 23.7. The molecule has 12 rings (SSSR count). The zero-order chi connectivity index (χ0) is 58.7. The van der Waals surface area contributed by atoms with E-state index < -0.39 is 47.1 Å². The summed E-state index contributed by atoms with van der Waals surface area (Å²) < 4.78 is 98.3. The van der Waals surface area contributed by atoms with E-state index in [1.54, 1.807) is 53.7 Å². The Bertz CT molecular complexity index is 3870. The molecule has 2 amide bonds. The minimum Gasteiger partial charge on any atom is -0.486 e. The van der Waals surface area contributed by atoms with E-state index in [-0.39, 0.29) is 97.2 Å². The van der Waals surface area contributed by atoms with Gasteiger partial charge in [-0.05, 0) is 71.8 Å². The van der Waals surface area contributed by atoms with Gasteiger partial charge in [-0.25, -0.2) is 13.5 Å². The molecule has 4 saturated heterocycles. The van der Waals surface area contributed by atoms with Gasteiger partial charge < -0.3 is 40.4 Å². The highest BCUT2D eigenvalue weighted by Gasteiger charge is 2.44. The maximum atomic E-state index is 16.0. The molecular formula is C60H58F5N12O5PS. The van der Waals surface area contributed by atoms with Crippen molar-refractivity contribution in [1.82, 2.24) is 45.5 Å². The topological polar surface area (TPSA) is 212 Å². The number of nitrogens with zero attached hydrogens (tertiary/aromatic N) is 9. The highest BCUT2D eigenvalue weighted by atomic mass is 32.1. The standard InChI is InChI=1S/C60H58F5N12O5PS/c1-30(2)52(58(79)75-18-4-5-46(75)57(78)70-31(3)33-10-12-35(13-11-33)48-44(62)25-68-26-47(48)83)77-28-45(73-74-77)34-8-6-32(7-9-34)29-81-53-50(39-14-15-43(61)54-49(39)41(23-66)55(67)84-54)42(60(63,64)65)22-40-51(53)71-59(82-38-16-19-80-20-17-38)72-56(40)76-27-36-21-37(76)24-69-36/h6-15,22,25-26,28,30-31,36-38,46,52,69H,4-5,16-21,24,27,29,67,83H2,1-3H3,(H,70,78). The Morgan fingerprint density at radius 1 is 0.988 bits per heavy atom. The summed E-state index contributed by atoms with van der Waals surface area (Å²) in [6.45, 7) is 7.70. The van der Waals surface area contributed by atoms with Crippen LogP contribution in [-0.4, -0.2) is 104 Å². The van der Waals surface area contributed by atoms with Crippen molar-refractivity contribution in [2.75, 3.05) is 43.5 Å². The molecule has 8 heterocycles. The maximum Gasteiger partial charge on any atom is 0.417 e. The van der Waals surface area contributed by atoms with Crippen LogP contribution in [0.5, 0.6) is 11.8 Å². The minimum absolute atomic E-state index is 0.0236. The number of anilines is 2. The lowest BCUT2D eigenvalue weighted by Gasteiger charge is -2.31. The number of rotatable bonds is 15. The summed E-state index contributed by atoms with van der Waals surface area (Å²) in [5.74, 6) is -2.07. The lowest BCUT2D eigenvalue weighted by Crippen LogP contribution is -2.49. The predicted octanol–water partition coefficient (Wildman–Crippen LogP) is 9.84. The highest BCUT2D eigenvalue weighted by Crippen LogP contribution is 2.52. The lowest BCUT2D eigenvalue weighted by atomic mass is 9.92. The maximum absolute atomic E-state index is 16.0. The largest absolute Gasteiger partial charge is 0.486 e. The summed E-state index contributed by atoms with van der Waals surface area (Å²) in [4.78, 5) is 45.7. The third-order valence-corrected chi connectivity index (χ3v) is 17.8. The number of thiophene rings is 1. The number of pyridine rings is 1. The smallest absolute Gasteiger partial charge is 0.417 e. The Morgan fingerprint density at radius 2 is 1.75 bits per heavy atom. The number of amides is 2. The quantitative estimate of drug-likeness (QED) is 0.0644. The van der Waals surface area contributed by atoms with Crippen molar-refractivity contribution >= 4 is 69.5 Å². The number of ether oxygens (including phenoxy) is 3. The van der Waals surface area contributed by atoms with Gasteiger partial charge in [-0.2, -0.15) is 28.4 Å². The normalized spacial score (nSPS) is 18.9. The van der Waals surface area contributed by atoms with Crippen molar-refractivity contribution in [3.63, 3.8) is 0 Å². The van der Waals surface area contributed by atoms with Crippen LogP contribution in [0.15, 0.2) is 85.3 Å². The summed E-state index contributed by atoms with van der Waals surface area (Å²) in [6.07, 6.45) is 1.99. The summed E-state index contributed by atoms with van der Waals surface area (Å²) in [6, 6.07) is 17.5. The summed E-state index contributed by atoms with van der Waals surface area (Å²) in [7, 11) is 2.50. The Balaban J connectivity index is 0.835. The van der Waals surface area contributed by atoms with Gasteiger partial charge in [0.15, 0.2) is 5.75 Å². The number of nitrogens with two attached hydrogens (primary N) is 1. The molecule has 17 nitrogen and oxygen atoms in total. The van der Waals surface area contributed by atoms with E-state index in [0.29, 0.717) is 91.8 Å². The Kier molecular flexibility index (Phi) is 15.4. The fraction of sp³-hybridized carbons (Fsp3) is 0.367. The van der Waals surface area contributed by atoms with Gasteiger partial charge in [0, 0.05) is 78.2 Å². The van der Waals surface area contributed by atoms with Crippen molar-refractivity contribution in [2.45, 2.75) is 102 Å². The van der Waals surface area contributed by atoms with Gasteiger partial charge in [0.2, 0.25) is 11.8 Å². The molecule has 2 bridgehead atoms. The van der Waals surface area contributed by atoms with Gasteiger partial charge in [-0.15, -0.1) is 25.7 Å². The number of piperazine rings is 1. The van der Waals surface area contributed by atoms with Crippen LogP contribution in [0, 0.1) is 28.9 Å². The summed E-state index contributed by atoms with van der Waals surface area (Å²) >= 11 is 0.769. The molecule has 6 unspecified atom stereocenters. The number of nitrogen functional groups attached to an aromatic ring is 1. The Hall–Kier alpha value is -7.90. The first-order valence-electron chi connectivity index (χ1n) is 27.8. The van der Waals surface area contributed by atoms with Crippen molar-refractivity contribution in [3.8, 4) is 51.3 Å². The van der Waals surface area contributed by atoms with Gasteiger partial charge in [0.1, 0.15) is 64.5 Å². The van der Waals surface area contributed by atoms with Crippen LogP contribution < -0.4 is 36.0 Å². The summed E-state index contributed by atoms with van der Waals surface area (Å²) in [5.41, 5.74) is 7.88. The average Bonchev–Trinajstić information content (AvgIpc) is 1.47. The van der Waals surface area contributed by atoms with Crippen molar-refractivity contribution in [2.24, 2.45) is 5.92 Å². The van der Waals surface area contributed by atoms with E-state index in [2.05, 4.69) is 35.2 Å². The number of alkyl halides is 3. The zero-order valence-electron chi connectivity index (χ0n) is 45.9. The van der Waals surface area contributed by atoms with Gasteiger partial charge in [0.25, 0.3) is 0 Å². The van der Waals surface area contributed by atoms with Crippen LogP contribution in [0.3, 0.4) is 0 Å². The monoisotopic (exact) mass is 1180 g/mol. The highest BCUT2D eigenvalue weighted by molar-refractivity contribution is 7.28. The Labute approximate surface area is 485 Å². The van der Waals surface area contributed by atoms with Crippen molar-refractivity contribution in [1.29, 1.82) is 5.26 Å². The molecule has 0 saturated carbocycles. The molecular weight excluding hydrogens is 1130 g/mol. The van der Waals surface area contributed by atoms with Gasteiger partial charge >= 0.3 is 12.2 Å². The number of carbonyl (C=O) groups excluding carboxylic acids is 2. The van der Waals surface area contributed by atoms with Crippen molar-refractivity contribution < 1.29 is 45.8 Å². The molecule has 4 fully saturated rings. The molecule has 24 heteroatoms. The number of hydrogen-bond acceptors (Lipinski definition) is 15. The number of nitrogens with one attached hydrogen (secondary N) is 2. The molecule has 4 aromatic heterocycles. The fourth-order valence-corrected chi connectivity index (χ4v) is 13.5. The molecule has 434 valence electrons. The lowest BCUT2D eigenvalue weighted by molar-refractivity contribution is -0.142. The van der Waals surface area contributed by atoms with Crippen LogP contribution in [-0.2, 0) is 27.1 Å². The molecule has 4 aliphatic heterocycles. The zero-order valence-corrected chi connectivity index (χ0v) is 47.9. The molecule has 84 heavy (non-hydrogen) atoms. The van der Waals surface area contributed by atoms with Crippen LogP contribution in [0.1, 0.15) is 87.2 Å². The number of benzene rings is 4. The first-order valence-corrected chi connectivity index (χ1v) is 29.2. The van der Waals surface area contributed by atoms with E-state index in [1.165, 1.54) is 16.9 Å². The van der Waals surface area contributed by atoms with E-state index in [1.807, 2.05) is 43.9 Å². The van der Waals surface area contributed by atoms with E-state index in [0.717, 1.165) is 35.5 Å². The molecule has 0 radical (unpaired) electrons. The number of fused-ring (bicyclic) bond motifs is 4. The average molecular weight is 1190 g/mol. The molecule has 4 aliphatic rings. The number of hydrogen-bond donors (Lipinski definition) is 3. The second-order valence-electron chi connectivity index (χ2n) is 22.1. The molecule has 4 N–H and O–H groups in total. The predicted molar refractivity (Wildman–Crippen MR) is 310 cm³/mol. The number of aromatic nitrogens is 6. The van der Waals surface area contributed by atoms with Crippen LogP contribution >= 0.6 is 20.6 Å². The molecule has 0 aliphatic carbocycles. The van der Waals surface area contributed by atoms with Gasteiger partial charge in [0.05, 0.1) is 47.5 Å². The number of nitriles is 1. The second kappa shape index (κ2) is 22.9. The molecule has 0 spiro atoms. The molecule has 4 aromatic carbocycles. The van der Waals surface area contributed by atoms with E-state index in [9.17, 15) is 19.2 Å². The van der Waals surface area contributed by atoms with Crippen LogP contribution in [0.4, 0.5) is 32.8 Å². The van der Waals surface area contributed by atoms with Gasteiger partial charge in [-0.3, -0.25) is 14.6 Å². The molecule has 8 aromatic rings. The minimum atomic E-state index is -5.02. The first kappa shape index (κ1) is 56.6. The first-order chi connectivity index (χ1) is 40.4. The Morgan fingerprint density at radius 3 is 2.44 bits per heavy atom. The fourth-order valence-electron chi connectivity index (χ4n) is 12.1. The van der Waals surface area contributed by atoms with Crippen molar-refractivity contribution in [3.05, 3.63) is 119 Å². The van der Waals surface area contributed by atoms with Crippen LogP contribution in [0.2, 0.25) is 0 Å². The van der Waals surface area contributed by atoms with Gasteiger partial charge in [-0.1, -0.05) is 73.7 Å². The number of carbonyl (C=O) groups is 2. The number of halogens is 5. The number of likely N-dealkylation sites (tertiary alicyclic amines) is 1. The summed E-state index contributed by atoms with van der Waals surface area (Å²) in [5, 5.41) is 26.3.